The first-order chi connectivity index (χ1) is 10.0. The van der Waals surface area contributed by atoms with Gasteiger partial charge in [-0.25, -0.2) is 4.79 Å². The van der Waals surface area contributed by atoms with Crippen LogP contribution in [0, 0.1) is 6.92 Å². The Hall–Kier alpha value is -1.75. The molecule has 2 rings (SSSR count). The monoisotopic (exact) mass is 310 g/mol. The molecule has 1 aromatic rings. The molecule has 0 heterocycles. The van der Waals surface area contributed by atoms with Gasteiger partial charge in [0.25, 0.3) is 5.91 Å². The van der Waals surface area contributed by atoms with E-state index in [4.69, 9.17) is 16.3 Å². The third kappa shape index (κ3) is 4.93. The second-order valence-corrected chi connectivity index (χ2v) is 5.64. The van der Waals surface area contributed by atoms with E-state index in [-0.39, 0.29) is 12.6 Å². The third-order valence-electron chi connectivity index (χ3n) is 3.44. The van der Waals surface area contributed by atoms with Crippen LogP contribution < -0.4 is 15.4 Å². The minimum absolute atomic E-state index is 0.178. The Labute approximate surface area is 129 Å². The van der Waals surface area contributed by atoms with Crippen LogP contribution in [-0.2, 0) is 4.79 Å². The lowest BCUT2D eigenvalue weighted by molar-refractivity contribution is -0.122. The number of aryl methyl sites for hydroxylation is 1. The Morgan fingerprint density at radius 3 is 2.71 bits per heavy atom. The van der Waals surface area contributed by atoms with Crippen LogP contribution in [-0.4, -0.2) is 24.6 Å². The predicted octanol–water partition coefficient (Wildman–Crippen LogP) is 2.80. The maximum Gasteiger partial charge on any atom is 0.321 e. The standard InChI is InChI=1S/C15H19ClN2O3/c1-10-8-11(16)6-7-13(10)21-9-14(19)18-15(20)17-12-4-2-3-5-12/h6-8,12H,2-5,9H2,1H3,(H2,17,18,19,20). The van der Waals surface area contributed by atoms with Gasteiger partial charge >= 0.3 is 6.03 Å². The Bertz CT molecular complexity index is 528. The van der Waals surface area contributed by atoms with E-state index in [1.54, 1.807) is 18.2 Å². The lowest BCUT2D eigenvalue weighted by atomic mass is 10.2. The van der Waals surface area contributed by atoms with Crippen molar-refractivity contribution in [1.82, 2.24) is 10.6 Å². The van der Waals surface area contributed by atoms with Gasteiger partial charge in [-0.1, -0.05) is 24.4 Å². The van der Waals surface area contributed by atoms with E-state index in [0.717, 1.165) is 31.2 Å². The molecule has 21 heavy (non-hydrogen) atoms. The number of imide groups is 1. The van der Waals surface area contributed by atoms with Gasteiger partial charge in [-0.2, -0.15) is 0 Å². The second kappa shape index (κ2) is 7.31. The van der Waals surface area contributed by atoms with E-state index < -0.39 is 11.9 Å². The molecule has 0 saturated heterocycles. The SMILES string of the molecule is Cc1cc(Cl)ccc1OCC(=O)NC(=O)NC1CCCC1. The summed E-state index contributed by atoms with van der Waals surface area (Å²) in [6, 6.07) is 4.86. The van der Waals surface area contributed by atoms with Crippen LogP contribution in [0.5, 0.6) is 5.75 Å². The molecule has 114 valence electrons. The molecule has 0 aromatic heterocycles. The summed E-state index contributed by atoms with van der Waals surface area (Å²) in [5.41, 5.74) is 0.839. The molecule has 2 N–H and O–H groups in total. The highest BCUT2D eigenvalue weighted by Gasteiger charge is 2.18. The van der Waals surface area contributed by atoms with Gasteiger partial charge in [-0.05, 0) is 43.5 Å². The molecule has 0 radical (unpaired) electrons. The molecule has 5 nitrogen and oxygen atoms in total. The van der Waals surface area contributed by atoms with Crippen molar-refractivity contribution in [1.29, 1.82) is 0 Å². The van der Waals surface area contributed by atoms with Crippen LogP contribution in [0.1, 0.15) is 31.2 Å². The van der Waals surface area contributed by atoms with Crippen LogP contribution in [0.25, 0.3) is 0 Å². The Kier molecular flexibility index (Phi) is 5.44. The minimum atomic E-state index is -0.472. The fourth-order valence-electron chi connectivity index (χ4n) is 2.37. The summed E-state index contributed by atoms with van der Waals surface area (Å²) < 4.78 is 5.37. The number of ether oxygens (including phenoxy) is 1. The normalized spacial score (nSPS) is 14.8. The van der Waals surface area contributed by atoms with Crippen molar-refractivity contribution < 1.29 is 14.3 Å². The smallest absolute Gasteiger partial charge is 0.321 e. The maximum absolute atomic E-state index is 11.7. The van der Waals surface area contributed by atoms with Crippen molar-refractivity contribution >= 4 is 23.5 Å². The molecule has 3 amide bonds. The van der Waals surface area contributed by atoms with E-state index in [9.17, 15) is 9.59 Å². The van der Waals surface area contributed by atoms with Crippen molar-refractivity contribution in [3.8, 4) is 5.75 Å². The molecular weight excluding hydrogens is 292 g/mol. The highest BCUT2D eigenvalue weighted by Crippen LogP contribution is 2.21. The first-order valence-electron chi connectivity index (χ1n) is 7.04. The van der Waals surface area contributed by atoms with E-state index in [1.807, 2.05) is 6.92 Å². The Morgan fingerprint density at radius 1 is 1.33 bits per heavy atom. The molecule has 1 aromatic carbocycles. The molecule has 0 aliphatic heterocycles. The van der Waals surface area contributed by atoms with Gasteiger partial charge < -0.3 is 10.1 Å². The molecular formula is C15H19ClN2O3. The number of hydrogen-bond donors (Lipinski definition) is 2. The zero-order chi connectivity index (χ0) is 15.2. The van der Waals surface area contributed by atoms with Crippen molar-refractivity contribution in [2.75, 3.05) is 6.61 Å². The fraction of sp³-hybridized carbons (Fsp3) is 0.467. The summed E-state index contributed by atoms with van der Waals surface area (Å²) >= 11 is 5.84. The summed E-state index contributed by atoms with van der Waals surface area (Å²) in [4.78, 5) is 23.3. The lowest BCUT2D eigenvalue weighted by Crippen LogP contribution is -2.45. The van der Waals surface area contributed by atoms with E-state index in [2.05, 4.69) is 10.6 Å². The molecule has 0 spiro atoms. The van der Waals surface area contributed by atoms with Crippen LogP contribution in [0.15, 0.2) is 18.2 Å². The van der Waals surface area contributed by atoms with Crippen molar-refractivity contribution in [2.45, 2.75) is 38.6 Å². The number of benzene rings is 1. The van der Waals surface area contributed by atoms with Gasteiger partial charge in [-0.15, -0.1) is 0 Å². The van der Waals surface area contributed by atoms with Gasteiger partial charge in [0.05, 0.1) is 0 Å². The first-order valence-corrected chi connectivity index (χ1v) is 7.41. The number of halogens is 1. The van der Waals surface area contributed by atoms with Gasteiger partial charge in [0.1, 0.15) is 5.75 Å². The van der Waals surface area contributed by atoms with Crippen LogP contribution in [0.4, 0.5) is 4.79 Å². The van der Waals surface area contributed by atoms with Gasteiger partial charge in [0, 0.05) is 11.1 Å². The second-order valence-electron chi connectivity index (χ2n) is 5.20. The van der Waals surface area contributed by atoms with Crippen LogP contribution in [0.2, 0.25) is 5.02 Å². The Morgan fingerprint density at radius 2 is 2.05 bits per heavy atom. The molecule has 0 unspecified atom stereocenters. The number of rotatable bonds is 4. The van der Waals surface area contributed by atoms with Crippen LogP contribution in [0.3, 0.4) is 0 Å². The van der Waals surface area contributed by atoms with Crippen molar-refractivity contribution in [2.24, 2.45) is 0 Å². The summed E-state index contributed by atoms with van der Waals surface area (Å²) in [5.74, 6) is 0.102. The summed E-state index contributed by atoms with van der Waals surface area (Å²) in [6.45, 7) is 1.63. The van der Waals surface area contributed by atoms with Crippen molar-refractivity contribution in [3.63, 3.8) is 0 Å². The average molecular weight is 311 g/mol. The third-order valence-corrected chi connectivity index (χ3v) is 3.67. The fourth-order valence-corrected chi connectivity index (χ4v) is 2.60. The summed E-state index contributed by atoms with van der Waals surface area (Å²) in [5, 5.41) is 5.66. The highest BCUT2D eigenvalue weighted by atomic mass is 35.5. The van der Waals surface area contributed by atoms with Gasteiger partial charge in [-0.3, -0.25) is 10.1 Å². The minimum Gasteiger partial charge on any atom is -0.483 e. The molecule has 1 saturated carbocycles. The van der Waals surface area contributed by atoms with E-state index in [1.165, 1.54) is 0 Å². The topological polar surface area (TPSA) is 67.4 Å². The molecule has 0 atom stereocenters. The molecule has 6 heteroatoms. The number of amides is 3. The predicted molar refractivity (Wildman–Crippen MR) is 80.6 cm³/mol. The largest absolute Gasteiger partial charge is 0.483 e. The van der Waals surface area contributed by atoms with Gasteiger partial charge in [0.2, 0.25) is 0 Å². The molecule has 1 aliphatic carbocycles. The Balaban J connectivity index is 1.75. The quantitative estimate of drug-likeness (QED) is 0.898. The number of hydrogen-bond acceptors (Lipinski definition) is 3. The van der Waals surface area contributed by atoms with Crippen LogP contribution >= 0.6 is 11.6 Å². The summed E-state index contributed by atoms with van der Waals surface area (Å²) in [7, 11) is 0. The average Bonchev–Trinajstić information content (AvgIpc) is 2.90. The molecule has 1 fully saturated rings. The van der Waals surface area contributed by atoms with Crippen molar-refractivity contribution in [3.05, 3.63) is 28.8 Å². The molecule has 1 aliphatic rings. The zero-order valence-electron chi connectivity index (χ0n) is 11.9. The maximum atomic E-state index is 11.7. The summed E-state index contributed by atoms with van der Waals surface area (Å²) in [6.07, 6.45) is 4.19. The number of urea groups is 1. The number of carbonyl (C=O) groups excluding carboxylic acids is 2. The number of carbonyl (C=O) groups is 2. The zero-order valence-corrected chi connectivity index (χ0v) is 12.7. The lowest BCUT2D eigenvalue weighted by Gasteiger charge is -2.13. The molecule has 0 bridgehead atoms. The first kappa shape index (κ1) is 15.6. The highest BCUT2D eigenvalue weighted by molar-refractivity contribution is 6.30. The van der Waals surface area contributed by atoms with E-state index >= 15 is 0 Å². The van der Waals surface area contributed by atoms with Gasteiger partial charge in [0.15, 0.2) is 6.61 Å². The number of nitrogens with one attached hydrogen (secondary N) is 2. The van der Waals surface area contributed by atoms with E-state index in [0.29, 0.717) is 10.8 Å².